The SMILES string of the molecule is Cc1ccc(F)c(Oc2cc(Br)ccc2CBr)c1. The third kappa shape index (κ3) is 3.12. The summed E-state index contributed by atoms with van der Waals surface area (Å²) in [6, 6.07) is 10.5. The fourth-order valence-corrected chi connectivity index (χ4v) is 2.34. The molecule has 0 heterocycles. The second-order valence-corrected chi connectivity index (χ2v) is 5.40. The van der Waals surface area contributed by atoms with Crippen LogP contribution in [0, 0.1) is 12.7 Å². The maximum atomic E-state index is 13.6. The molecule has 0 aliphatic carbocycles. The number of rotatable bonds is 3. The number of benzene rings is 2. The van der Waals surface area contributed by atoms with E-state index in [1.165, 1.54) is 6.07 Å². The van der Waals surface area contributed by atoms with Crippen molar-refractivity contribution >= 4 is 31.9 Å². The Bertz CT molecular complexity index is 570. The van der Waals surface area contributed by atoms with E-state index < -0.39 is 0 Å². The van der Waals surface area contributed by atoms with E-state index in [-0.39, 0.29) is 11.6 Å². The lowest BCUT2D eigenvalue weighted by molar-refractivity contribution is 0.438. The smallest absolute Gasteiger partial charge is 0.165 e. The van der Waals surface area contributed by atoms with Gasteiger partial charge in [0, 0.05) is 15.4 Å². The molecule has 0 N–H and O–H groups in total. The standard InChI is InChI=1S/C14H11Br2FO/c1-9-2-5-12(17)14(6-9)18-13-7-11(16)4-3-10(13)8-15/h2-7H,8H2,1H3. The predicted molar refractivity (Wildman–Crippen MR) is 78.0 cm³/mol. The first-order valence-corrected chi connectivity index (χ1v) is 7.30. The summed E-state index contributed by atoms with van der Waals surface area (Å²) in [6.45, 7) is 1.90. The van der Waals surface area contributed by atoms with Gasteiger partial charge in [-0.3, -0.25) is 0 Å². The van der Waals surface area contributed by atoms with Gasteiger partial charge >= 0.3 is 0 Å². The van der Waals surface area contributed by atoms with Crippen molar-refractivity contribution in [3.05, 3.63) is 57.8 Å². The van der Waals surface area contributed by atoms with Gasteiger partial charge in [-0.2, -0.15) is 0 Å². The summed E-state index contributed by atoms with van der Waals surface area (Å²) in [5.74, 6) is 0.530. The monoisotopic (exact) mass is 372 g/mol. The molecule has 94 valence electrons. The van der Waals surface area contributed by atoms with Crippen molar-refractivity contribution in [1.82, 2.24) is 0 Å². The average molecular weight is 374 g/mol. The van der Waals surface area contributed by atoms with Crippen LogP contribution >= 0.6 is 31.9 Å². The molecule has 2 rings (SSSR count). The van der Waals surface area contributed by atoms with Gasteiger partial charge in [-0.25, -0.2) is 4.39 Å². The maximum absolute atomic E-state index is 13.6. The fraction of sp³-hybridized carbons (Fsp3) is 0.143. The quantitative estimate of drug-likeness (QED) is 0.637. The van der Waals surface area contributed by atoms with Gasteiger partial charge in [-0.1, -0.05) is 44.0 Å². The molecule has 0 unspecified atom stereocenters. The Kier molecular flexibility index (Phi) is 4.40. The van der Waals surface area contributed by atoms with Crippen molar-refractivity contribution < 1.29 is 9.13 Å². The molecular formula is C14H11Br2FO. The minimum absolute atomic E-state index is 0.246. The number of hydrogen-bond acceptors (Lipinski definition) is 1. The minimum atomic E-state index is -0.360. The number of aryl methyl sites for hydroxylation is 1. The van der Waals surface area contributed by atoms with E-state index in [0.717, 1.165) is 15.6 Å². The van der Waals surface area contributed by atoms with E-state index in [1.54, 1.807) is 12.1 Å². The van der Waals surface area contributed by atoms with Crippen LogP contribution in [0.5, 0.6) is 11.5 Å². The van der Waals surface area contributed by atoms with Gasteiger partial charge in [-0.05, 0) is 36.8 Å². The molecule has 0 bridgehead atoms. The van der Waals surface area contributed by atoms with Crippen LogP contribution in [0.25, 0.3) is 0 Å². The maximum Gasteiger partial charge on any atom is 0.165 e. The predicted octanol–water partition coefficient (Wildman–Crippen LogP) is 5.58. The number of halogens is 3. The van der Waals surface area contributed by atoms with E-state index in [1.807, 2.05) is 25.1 Å². The summed E-state index contributed by atoms with van der Waals surface area (Å²) in [4.78, 5) is 0. The summed E-state index contributed by atoms with van der Waals surface area (Å²) in [5, 5.41) is 0.656. The summed E-state index contributed by atoms with van der Waals surface area (Å²) in [7, 11) is 0. The first kappa shape index (κ1) is 13.6. The molecule has 2 aromatic rings. The molecular weight excluding hydrogens is 363 g/mol. The molecule has 0 aliphatic rings. The zero-order valence-corrected chi connectivity index (χ0v) is 12.9. The lowest BCUT2D eigenvalue weighted by Crippen LogP contribution is -1.92. The van der Waals surface area contributed by atoms with Gasteiger partial charge in [0.15, 0.2) is 11.6 Å². The van der Waals surface area contributed by atoms with Crippen molar-refractivity contribution in [2.75, 3.05) is 0 Å². The van der Waals surface area contributed by atoms with Gasteiger partial charge in [0.2, 0.25) is 0 Å². The zero-order chi connectivity index (χ0) is 13.1. The summed E-state index contributed by atoms with van der Waals surface area (Å²) >= 11 is 6.77. The van der Waals surface area contributed by atoms with Crippen molar-refractivity contribution in [2.24, 2.45) is 0 Å². The highest BCUT2D eigenvalue weighted by molar-refractivity contribution is 9.10. The molecule has 0 amide bonds. The van der Waals surface area contributed by atoms with Crippen molar-refractivity contribution in [2.45, 2.75) is 12.3 Å². The van der Waals surface area contributed by atoms with Crippen LogP contribution in [0.4, 0.5) is 4.39 Å². The van der Waals surface area contributed by atoms with Crippen LogP contribution in [0.2, 0.25) is 0 Å². The number of alkyl halides is 1. The second kappa shape index (κ2) is 5.85. The molecule has 0 fully saturated rings. The van der Waals surface area contributed by atoms with Gasteiger partial charge in [0.1, 0.15) is 5.75 Å². The van der Waals surface area contributed by atoms with E-state index in [9.17, 15) is 4.39 Å². The van der Waals surface area contributed by atoms with Crippen molar-refractivity contribution in [3.8, 4) is 11.5 Å². The molecule has 0 aliphatic heterocycles. The van der Waals surface area contributed by atoms with Crippen molar-refractivity contribution in [1.29, 1.82) is 0 Å². The summed E-state index contributed by atoms with van der Waals surface area (Å²) < 4.78 is 20.2. The molecule has 0 saturated heterocycles. The Morgan fingerprint density at radius 1 is 1.11 bits per heavy atom. The highest BCUT2D eigenvalue weighted by atomic mass is 79.9. The Morgan fingerprint density at radius 2 is 1.89 bits per heavy atom. The lowest BCUT2D eigenvalue weighted by Gasteiger charge is -2.11. The minimum Gasteiger partial charge on any atom is -0.454 e. The molecule has 18 heavy (non-hydrogen) atoms. The Morgan fingerprint density at radius 3 is 2.61 bits per heavy atom. The lowest BCUT2D eigenvalue weighted by atomic mass is 10.2. The zero-order valence-electron chi connectivity index (χ0n) is 9.71. The van der Waals surface area contributed by atoms with E-state index in [0.29, 0.717) is 11.1 Å². The molecule has 0 atom stereocenters. The average Bonchev–Trinajstić information content (AvgIpc) is 2.34. The molecule has 4 heteroatoms. The normalized spacial score (nSPS) is 10.4. The van der Waals surface area contributed by atoms with Crippen LogP contribution in [-0.4, -0.2) is 0 Å². The van der Waals surface area contributed by atoms with Gasteiger partial charge < -0.3 is 4.74 Å². The molecule has 0 aromatic heterocycles. The first-order chi connectivity index (χ1) is 8.60. The molecule has 0 radical (unpaired) electrons. The summed E-state index contributed by atoms with van der Waals surface area (Å²) in [5.41, 5.74) is 1.93. The van der Waals surface area contributed by atoms with Gasteiger partial charge in [-0.15, -0.1) is 0 Å². The number of hydrogen-bond donors (Lipinski definition) is 0. The third-order valence-corrected chi connectivity index (χ3v) is 3.58. The first-order valence-electron chi connectivity index (χ1n) is 5.38. The second-order valence-electron chi connectivity index (χ2n) is 3.92. The van der Waals surface area contributed by atoms with Crippen LogP contribution < -0.4 is 4.74 Å². The van der Waals surface area contributed by atoms with E-state index in [4.69, 9.17) is 4.74 Å². The fourth-order valence-electron chi connectivity index (χ4n) is 1.54. The highest BCUT2D eigenvalue weighted by Gasteiger charge is 2.09. The van der Waals surface area contributed by atoms with Crippen LogP contribution in [-0.2, 0) is 5.33 Å². The van der Waals surface area contributed by atoms with E-state index in [2.05, 4.69) is 31.9 Å². The number of ether oxygens (including phenoxy) is 1. The Hall–Kier alpha value is -0.870. The molecule has 2 aromatic carbocycles. The van der Waals surface area contributed by atoms with Gasteiger partial charge in [0.25, 0.3) is 0 Å². The van der Waals surface area contributed by atoms with Crippen LogP contribution in [0.1, 0.15) is 11.1 Å². The largest absolute Gasteiger partial charge is 0.454 e. The Balaban J connectivity index is 2.38. The van der Waals surface area contributed by atoms with E-state index >= 15 is 0 Å². The molecule has 1 nitrogen and oxygen atoms in total. The molecule has 0 saturated carbocycles. The molecule has 0 spiro atoms. The van der Waals surface area contributed by atoms with Crippen LogP contribution in [0.15, 0.2) is 40.9 Å². The highest BCUT2D eigenvalue weighted by Crippen LogP contribution is 2.31. The van der Waals surface area contributed by atoms with Crippen molar-refractivity contribution in [3.63, 3.8) is 0 Å². The topological polar surface area (TPSA) is 9.23 Å². The Labute approximate surface area is 122 Å². The summed E-state index contributed by atoms with van der Waals surface area (Å²) in [6.07, 6.45) is 0. The third-order valence-electron chi connectivity index (χ3n) is 2.48. The van der Waals surface area contributed by atoms with Crippen LogP contribution in [0.3, 0.4) is 0 Å². The van der Waals surface area contributed by atoms with Gasteiger partial charge in [0.05, 0.1) is 0 Å².